The van der Waals surface area contributed by atoms with E-state index < -0.39 is 9.84 Å². The van der Waals surface area contributed by atoms with Crippen molar-refractivity contribution in [1.29, 1.82) is 0 Å². The van der Waals surface area contributed by atoms with Gasteiger partial charge in [-0.2, -0.15) is 0 Å². The Morgan fingerprint density at radius 3 is 2.41 bits per heavy atom. The van der Waals surface area contributed by atoms with Crippen LogP contribution in [0.1, 0.15) is 25.8 Å². The van der Waals surface area contributed by atoms with Gasteiger partial charge in [0.15, 0.2) is 9.84 Å². The van der Waals surface area contributed by atoms with E-state index in [9.17, 15) is 8.42 Å². The zero-order chi connectivity index (χ0) is 15.6. The number of benzene rings is 1. The third-order valence-electron chi connectivity index (χ3n) is 4.22. The molecule has 0 atom stereocenters. The Bertz CT molecular complexity index is 703. The maximum Gasteiger partial charge on any atom is 0.178 e. The maximum atomic E-state index is 11.8. The Morgan fingerprint density at radius 1 is 1.18 bits per heavy atom. The van der Waals surface area contributed by atoms with Crippen molar-refractivity contribution in [1.82, 2.24) is 15.0 Å². The monoisotopic (exact) mass is 320 g/mol. The SMILES string of the molecule is CCS(=O)(=O)c1ccc(N2CCC(n3ccnn3)CC2)cc1. The quantitative estimate of drug-likeness (QED) is 0.861. The van der Waals surface area contributed by atoms with Gasteiger partial charge in [-0.25, -0.2) is 13.1 Å². The number of rotatable bonds is 4. The van der Waals surface area contributed by atoms with Crippen LogP contribution in [0.5, 0.6) is 0 Å². The Labute approximate surface area is 130 Å². The van der Waals surface area contributed by atoms with Crippen LogP contribution in [0.2, 0.25) is 0 Å². The van der Waals surface area contributed by atoms with E-state index in [2.05, 4.69) is 15.2 Å². The van der Waals surface area contributed by atoms with Gasteiger partial charge in [-0.15, -0.1) is 5.10 Å². The summed E-state index contributed by atoms with van der Waals surface area (Å²) in [6.45, 7) is 3.53. The molecule has 0 unspecified atom stereocenters. The number of hydrogen-bond acceptors (Lipinski definition) is 5. The molecule has 7 heteroatoms. The minimum atomic E-state index is -3.12. The number of sulfone groups is 1. The fourth-order valence-corrected chi connectivity index (χ4v) is 3.72. The highest BCUT2D eigenvalue weighted by atomic mass is 32.2. The van der Waals surface area contributed by atoms with E-state index in [-0.39, 0.29) is 5.75 Å². The van der Waals surface area contributed by atoms with Gasteiger partial charge in [0, 0.05) is 25.0 Å². The molecule has 1 saturated heterocycles. The molecule has 0 bridgehead atoms. The summed E-state index contributed by atoms with van der Waals surface area (Å²) < 4.78 is 25.6. The second-order valence-electron chi connectivity index (χ2n) is 5.50. The fraction of sp³-hybridized carbons (Fsp3) is 0.467. The molecule has 0 N–H and O–H groups in total. The summed E-state index contributed by atoms with van der Waals surface area (Å²) in [7, 11) is -3.12. The lowest BCUT2D eigenvalue weighted by atomic mass is 10.0. The molecule has 0 aliphatic carbocycles. The first-order valence-electron chi connectivity index (χ1n) is 7.54. The average molecular weight is 320 g/mol. The van der Waals surface area contributed by atoms with Crippen LogP contribution in [0.3, 0.4) is 0 Å². The van der Waals surface area contributed by atoms with E-state index in [0.29, 0.717) is 10.9 Å². The van der Waals surface area contributed by atoms with Gasteiger partial charge < -0.3 is 4.90 Å². The molecular weight excluding hydrogens is 300 g/mol. The molecule has 6 nitrogen and oxygen atoms in total. The zero-order valence-electron chi connectivity index (χ0n) is 12.6. The lowest BCUT2D eigenvalue weighted by Crippen LogP contribution is -2.34. The lowest BCUT2D eigenvalue weighted by molar-refractivity contribution is 0.360. The van der Waals surface area contributed by atoms with Crippen molar-refractivity contribution >= 4 is 15.5 Å². The highest BCUT2D eigenvalue weighted by Gasteiger charge is 2.21. The topological polar surface area (TPSA) is 68.1 Å². The van der Waals surface area contributed by atoms with E-state index in [1.807, 2.05) is 23.0 Å². The van der Waals surface area contributed by atoms with E-state index >= 15 is 0 Å². The van der Waals surface area contributed by atoms with Gasteiger partial charge in [0.1, 0.15) is 0 Å². The van der Waals surface area contributed by atoms with Crippen LogP contribution in [0, 0.1) is 0 Å². The molecule has 0 radical (unpaired) electrons. The number of piperidine rings is 1. The van der Waals surface area contributed by atoms with Crippen molar-refractivity contribution in [2.24, 2.45) is 0 Å². The minimum Gasteiger partial charge on any atom is -0.371 e. The van der Waals surface area contributed by atoms with Gasteiger partial charge in [-0.1, -0.05) is 12.1 Å². The van der Waals surface area contributed by atoms with Crippen LogP contribution < -0.4 is 4.90 Å². The highest BCUT2D eigenvalue weighted by molar-refractivity contribution is 7.91. The van der Waals surface area contributed by atoms with E-state index in [1.54, 1.807) is 25.3 Å². The minimum absolute atomic E-state index is 0.135. The van der Waals surface area contributed by atoms with Crippen LogP contribution in [-0.2, 0) is 9.84 Å². The van der Waals surface area contributed by atoms with Crippen molar-refractivity contribution in [2.45, 2.75) is 30.7 Å². The van der Waals surface area contributed by atoms with Gasteiger partial charge in [0.05, 0.1) is 22.9 Å². The summed E-state index contributed by atoms with van der Waals surface area (Å²) in [4.78, 5) is 2.69. The molecule has 1 aliphatic heterocycles. The Balaban J connectivity index is 1.66. The molecule has 2 heterocycles. The summed E-state index contributed by atoms with van der Waals surface area (Å²) in [5.41, 5.74) is 1.08. The Hall–Kier alpha value is -1.89. The number of anilines is 1. The number of aromatic nitrogens is 3. The van der Waals surface area contributed by atoms with Crippen molar-refractivity contribution < 1.29 is 8.42 Å². The predicted octanol–water partition coefficient (Wildman–Crippen LogP) is 1.91. The fourth-order valence-electron chi connectivity index (χ4n) is 2.83. The largest absolute Gasteiger partial charge is 0.371 e. The molecule has 1 fully saturated rings. The summed E-state index contributed by atoms with van der Waals surface area (Å²) >= 11 is 0. The van der Waals surface area contributed by atoms with Crippen LogP contribution in [0.25, 0.3) is 0 Å². The molecule has 1 aromatic carbocycles. The maximum absolute atomic E-state index is 11.8. The predicted molar refractivity (Wildman–Crippen MR) is 84.7 cm³/mol. The van der Waals surface area contributed by atoms with Gasteiger partial charge in [-0.3, -0.25) is 0 Å². The smallest absolute Gasteiger partial charge is 0.178 e. The van der Waals surface area contributed by atoms with Crippen LogP contribution in [0.4, 0.5) is 5.69 Å². The number of hydrogen-bond donors (Lipinski definition) is 0. The van der Waals surface area contributed by atoms with Gasteiger partial charge in [0.2, 0.25) is 0 Å². The van der Waals surface area contributed by atoms with Crippen molar-refractivity contribution in [2.75, 3.05) is 23.7 Å². The third kappa shape index (κ3) is 2.99. The second kappa shape index (κ2) is 6.08. The highest BCUT2D eigenvalue weighted by Crippen LogP contribution is 2.26. The lowest BCUT2D eigenvalue weighted by Gasteiger charge is -2.33. The van der Waals surface area contributed by atoms with Crippen molar-refractivity contribution in [3.8, 4) is 0 Å². The molecule has 118 valence electrons. The summed E-state index contributed by atoms with van der Waals surface area (Å²) in [5.74, 6) is 0.135. The molecule has 0 saturated carbocycles. The Morgan fingerprint density at radius 2 is 1.86 bits per heavy atom. The molecule has 1 aromatic heterocycles. The molecule has 0 amide bonds. The number of nitrogens with zero attached hydrogens (tertiary/aromatic N) is 4. The van der Waals surface area contributed by atoms with Crippen LogP contribution in [-0.4, -0.2) is 42.3 Å². The van der Waals surface area contributed by atoms with Gasteiger partial charge in [-0.05, 0) is 37.1 Å². The molecule has 2 aromatic rings. The summed E-state index contributed by atoms with van der Waals surface area (Å²) in [6, 6.07) is 7.62. The van der Waals surface area contributed by atoms with Gasteiger partial charge >= 0.3 is 0 Å². The Kier molecular flexibility index (Phi) is 4.15. The second-order valence-corrected chi connectivity index (χ2v) is 7.78. The first kappa shape index (κ1) is 15.0. The average Bonchev–Trinajstić information content (AvgIpc) is 3.10. The molecule has 3 rings (SSSR count). The van der Waals surface area contributed by atoms with Crippen molar-refractivity contribution in [3.63, 3.8) is 0 Å². The standard InChI is InChI=1S/C15H20N4O2S/c1-2-22(20,21)15-5-3-13(4-6-15)18-10-7-14(8-11-18)19-12-9-16-17-19/h3-6,9,12,14H,2,7-8,10-11H2,1H3. The normalized spacial score (nSPS) is 16.9. The van der Waals surface area contributed by atoms with E-state index in [0.717, 1.165) is 31.6 Å². The first-order chi connectivity index (χ1) is 10.6. The summed E-state index contributed by atoms with van der Waals surface area (Å²) in [6.07, 6.45) is 5.64. The van der Waals surface area contributed by atoms with Gasteiger partial charge in [0.25, 0.3) is 0 Å². The van der Waals surface area contributed by atoms with E-state index in [4.69, 9.17) is 0 Å². The summed E-state index contributed by atoms with van der Waals surface area (Å²) in [5, 5.41) is 7.92. The van der Waals surface area contributed by atoms with Crippen molar-refractivity contribution in [3.05, 3.63) is 36.7 Å². The first-order valence-corrected chi connectivity index (χ1v) is 9.19. The molecular formula is C15H20N4O2S. The third-order valence-corrected chi connectivity index (χ3v) is 5.97. The van der Waals surface area contributed by atoms with Crippen LogP contribution >= 0.6 is 0 Å². The zero-order valence-corrected chi connectivity index (χ0v) is 13.4. The molecule has 1 aliphatic rings. The van der Waals surface area contributed by atoms with Crippen LogP contribution in [0.15, 0.2) is 41.6 Å². The molecule has 22 heavy (non-hydrogen) atoms. The molecule has 0 spiro atoms. The van der Waals surface area contributed by atoms with E-state index in [1.165, 1.54) is 0 Å².